The smallest absolute Gasteiger partial charge is 0.198 e. The molecule has 6 fully saturated rings. The molecular weight excluding hydrogens is 568 g/mol. The molecule has 0 bridgehead atoms. The molecule has 262 valence electrons. The lowest BCUT2D eigenvalue weighted by Gasteiger charge is -2.71. The van der Waals surface area contributed by atoms with Crippen LogP contribution in [0.15, 0.2) is 24.5 Å². The van der Waals surface area contributed by atoms with E-state index in [1.54, 1.807) is 0 Å². The summed E-state index contributed by atoms with van der Waals surface area (Å²) in [4.78, 5) is 0. The quantitative estimate of drug-likeness (QED) is 0.128. The number of hydrogen-bond donors (Lipinski definition) is 0. The highest BCUT2D eigenvalue weighted by molar-refractivity contribution is 5.17. The van der Waals surface area contributed by atoms with Crippen molar-refractivity contribution in [2.75, 3.05) is 13.2 Å². The predicted octanol–water partition coefficient (Wildman–Crippen LogP) is 11.4. The molecule has 0 aromatic heterocycles. The first kappa shape index (κ1) is 35.0. The second kappa shape index (κ2) is 15.0. The second-order valence-electron chi connectivity index (χ2n) is 17.6. The lowest BCUT2D eigenvalue weighted by molar-refractivity contribution is -0.253. The molecule has 0 N–H and O–H groups in total. The molecule has 6 aliphatic rings. The van der Waals surface area contributed by atoms with Crippen LogP contribution in [0.4, 0.5) is 0 Å². The highest BCUT2D eigenvalue weighted by atomic mass is 16.7. The van der Waals surface area contributed by atoms with E-state index in [0.717, 1.165) is 62.6 Å². The molecule has 0 radical (unpaired) electrons. The summed E-state index contributed by atoms with van der Waals surface area (Å²) in [5.41, 5.74) is 2.68. The van der Waals surface area contributed by atoms with Crippen molar-refractivity contribution in [3.63, 3.8) is 0 Å². The first-order valence-corrected chi connectivity index (χ1v) is 20.1. The summed E-state index contributed by atoms with van der Waals surface area (Å²) in [7, 11) is 0. The fourth-order valence-electron chi connectivity index (χ4n) is 12.9. The Bertz CT molecular complexity index is 1030. The third-order valence-electron chi connectivity index (χ3n) is 15.3. The predicted molar refractivity (Wildman–Crippen MR) is 188 cm³/mol. The number of ether oxygens (including phenoxy) is 4. The van der Waals surface area contributed by atoms with Gasteiger partial charge < -0.3 is 18.9 Å². The molecule has 0 aromatic rings. The van der Waals surface area contributed by atoms with Crippen molar-refractivity contribution in [2.45, 2.75) is 175 Å². The molecular formula is C42H70O4. The molecule has 2 saturated heterocycles. The molecule has 46 heavy (non-hydrogen) atoms. The first-order chi connectivity index (χ1) is 22.2. The molecule has 4 aliphatic carbocycles. The van der Waals surface area contributed by atoms with Gasteiger partial charge in [-0.1, -0.05) is 52.7 Å². The molecule has 4 heteroatoms. The van der Waals surface area contributed by atoms with Crippen LogP contribution < -0.4 is 0 Å². The van der Waals surface area contributed by atoms with Crippen LogP contribution in [0.1, 0.15) is 157 Å². The Morgan fingerprint density at radius 3 is 2.28 bits per heavy atom. The zero-order chi connectivity index (χ0) is 32.4. The molecule has 4 nitrogen and oxygen atoms in total. The molecule has 4 unspecified atom stereocenters. The summed E-state index contributed by atoms with van der Waals surface area (Å²) in [6, 6.07) is 0. The maximum Gasteiger partial charge on any atom is 0.198 e. The average Bonchev–Trinajstić information content (AvgIpc) is 3.05. The van der Waals surface area contributed by atoms with Crippen LogP contribution in [0.5, 0.6) is 0 Å². The Hall–Kier alpha value is -0.840. The van der Waals surface area contributed by atoms with Crippen molar-refractivity contribution in [3.8, 4) is 0 Å². The van der Waals surface area contributed by atoms with Gasteiger partial charge in [0.15, 0.2) is 12.6 Å². The first-order valence-electron chi connectivity index (χ1n) is 20.1. The van der Waals surface area contributed by atoms with Crippen LogP contribution in [0.2, 0.25) is 0 Å². The Balaban J connectivity index is 1.15. The van der Waals surface area contributed by atoms with E-state index in [0.29, 0.717) is 34.2 Å². The molecule has 2 heterocycles. The van der Waals surface area contributed by atoms with E-state index in [9.17, 15) is 0 Å². The number of fused-ring (bicyclic) bond motifs is 5. The Morgan fingerprint density at radius 1 is 0.826 bits per heavy atom. The monoisotopic (exact) mass is 639 g/mol. The lowest BCUT2D eigenvalue weighted by Crippen LogP contribution is -2.64. The van der Waals surface area contributed by atoms with Gasteiger partial charge in [0.2, 0.25) is 0 Å². The van der Waals surface area contributed by atoms with Crippen molar-refractivity contribution in [2.24, 2.45) is 51.8 Å². The number of hydrogen-bond acceptors (Lipinski definition) is 4. The largest absolute Gasteiger partial charge is 0.473 e. The zero-order valence-electron chi connectivity index (χ0n) is 30.5. The van der Waals surface area contributed by atoms with Crippen molar-refractivity contribution >= 4 is 0 Å². The van der Waals surface area contributed by atoms with Gasteiger partial charge in [-0.2, -0.15) is 0 Å². The van der Waals surface area contributed by atoms with Gasteiger partial charge >= 0.3 is 0 Å². The average molecular weight is 639 g/mol. The summed E-state index contributed by atoms with van der Waals surface area (Å²) in [6.07, 6.45) is 28.8. The van der Waals surface area contributed by atoms with Crippen LogP contribution in [-0.4, -0.2) is 31.9 Å². The normalized spacial score (nSPS) is 45.3. The van der Waals surface area contributed by atoms with E-state index in [4.69, 9.17) is 18.9 Å². The molecule has 4 saturated carbocycles. The standard InChI is InChI=1S/C42H70O4/c1-7-15-33-34-22-26-42(6)37(40(34,4)25-23-36(33)46-39-19-10-13-29-45-39)21-20-35-32(17-14-24-41(35,42)5)31(30(2)3)16-8-11-27-43-38-18-9-12-28-44-38/h11,27,31-39H,2,7-10,12-26,28-29H2,1,3-6H3/b27-11-/t31?,32-,33-,34+,35-,36?,37-,38?,39?,40+,41-,42-/m1/s1. The Morgan fingerprint density at radius 2 is 1.59 bits per heavy atom. The van der Waals surface area contributed by atoms with E-state index >= 15 is 0 Å². The van der Waals surface area contributed by atoms with Crippen molar-refractivity contribution < 1.29 is 18.9 Å². The van der Waals surface area contributed by atoms with Gasteiger partial charge in [-0.3, -0.25) is 0 Å². The van der Waals surface area contributed by atoms with E-state index in [2.05, 4.69) is 47.3 Å². The lowest BCUT2D eigenvalue weighted by atomic mass is 9.34. The van der Waals surface area contributed by atoms with Crippen LogP contribution in [-0.2, 0) is 18.9 Å². The fourth-order valence-corrected chi connectivity index (χ4v) is 12.9. The van der Waals surface area contributed by atoms with E-state index in [1.807, 2.05) is 6.26 Å². The van der Waals surface area contributed by atoms with Crippen molar-refractivity contribution in [1.29, 1.82) is 0 Å². The van der Waals surface area contributed by atoms with Gasteiger partial charge in [0.25, 0.3) is 0 Å². The van der Waals surface area contributed by atoms with E-state index < -0.39 is 0 Å². The number of allylic oxidation sites excluding steroid dienone is 2. The van der Waals surface area contributed by atoms with Crippen LogP contribution in [0.3, 0.4) is 0 Å². The van der Waals surface area contributed by atoms with Crippen LogP contribution in [0, 0.1) is 51.8 Å². The van der Waals surface area contributed by atoms with Gasteiger partial charge in [0.05, 0.1) is 19.0 Å². The summed E-state index contributed by atoms with van der Waals surface area (Å²) in [6.45, 7) is 19.3. The Labute approximate surface area is 283 Å². The minimum atomic E-state index is -0.0420. The molecule has 0 spiro atoms. The molecule has 0 aromatic carbocycles. The third kappa shape index (κ3) is 6.68. The summed E-state index contributed by atoms with van der Waals surface area (Å²) >= 11 is 0. The molecule has 12 atom stereocenters. The van der Waals surface area contributed by atoms with E-state index in [1.165, 1.54) is 102 Å². The van der Waals surface area contributed by atoms with E-state index in [-0.39, 0.29) is 12.6 Å². The van der Waals surface area contributed by atoms with Gasteiger partial charge in [-0.25, -0.2) is 0 Å². The Kier molecular flexibility index (Phi) is 11.4. The second-order valence-corrected chi connectivity index (χ2v) is 17.6. The fraction of sp³-hybridized carbons (Fsp3) is 0.905. The highest BCUT2D eigenvalue weighted by Crippen LogP contribution is 2.74. The summed E-state index contributed by atoms with van der Waals surface area (Å²) < 4.78 is 24.6. The highest BCUT2D eigenvalue weighted by Gasteiger charge is 2.66. The maximum atomic E-state index is 6.85. The van der Waals surface area contributed by atoms with Crippen LogP contribution in [0.25, 0.3) is 0 Å². The van der Waals surface area contributed by atoms with Gasteiger partial charge in [0.1, 0.15) is 0 Å². The molecule has 2 aliphatic heterocycles. The topological polar surface area (TPSA) is 36.9 Å². The molecule has 6 rings (SSSR count). The van der Waals surface area contributed by atoms with Gasteiger partial charge in [-0.05, 0) is 167 Å². The minimum absolute atomic E-state index is 0.0417. The van der Waals surface area contributed by atoms with Gasteiger partial charge in [0, 0.05) is 13.0 Å². The SMILES string of the molecule is C=C(C)C(CC/C=C\OC1CCCCO1)[C@H]1CCC[C@]2(C)[C@@H]1CC[C@@H]1[C@@]3(C)CCC(OC4CCCCO4)[C@H](CCC)[C@@H]3CC[C@]12C. The number of rotatable bonds is 11. The maximum absolute atomic E-state index is 6.85. The zero-order valence-corrected chi connectivity index (χ0v) is 30.5. The molecule has 0 amide bonds. The van der Waals surface area contributed by atoms with Crippen LogP contribution >= 0.6 is 0 Å². The van der Waals surface area contributed by atoms with Gasteiger partial charge in [-0.15, -0.1) is 0 Å². The summed E-state index contributed by atoms with van der Waals surface area (Å²) in [5.74, 6) is 4.51. The van der Waals surface area contributed by atoms with Crippen molar-refractivity contribution in [1.82, 2.24) is 0 Å². The summed E-state index contributed by atoms with van der Waals surface area (Å²) in [5, 5.41) is 0. The van der Waals surface area contributed by atoms with Crippen molar-refractivity contribution in [3.05, 3.63) is 24.5 Å². The minimum Gasteiger partial charge on any atom is -0.473 e. The third-order valence-corrected chi connectivity index (χ3v) is 15.3.